The van der Waals surface area contributed by atoms with Gasteiger partial charge in [-0.1, -0.05) is 159 Å². The Bertz CT molecular complexity index is 2150. The van der Waals surface area contributed by atoms with Crippen molar-refractivity contribution in [1.82, 2.24) is 0 Å². The number of hydrogen-bond acceptors (Lipinski definition) is 3. The summed E-state index contributed by atoms with van der Waals surface area (Å²) in [5.74, 6) is 1.61. The van der Waals surface area contributed by atoms with Crippen molar-refractivity contribution in [2.75, 3.05) is 0 Å². The number of aliphatic imine (C=N–C) groups is 2. The van der Waals surface area contributed by atoms with Crippen molar-refractivity contribution in [3.63, 3.8) is 0 Å². The van der Waals surface area contributed by atoms with Gasteiger partial charge in [0.15, 0.2) is 5.84 Å². The molecule has 2 aliphatic heterocycles. The molecule has 0 saturated heterocycles. The van der Waals surface area contributed by atoms with Crippen LogP contribution < -0.4 is 0 Å². The molecule has 4 aromatic rings. The van der Waals surface area contributed by atoms with E-state index in [1.54, 1.807) is 0 Å². The van der Waals surface area contributed by atoms with Crippen molar-refractivity contribution in [2.24, 2.45) is 15.9 Å². The molecule has 0 N–H and O–H groups in total. The van der Waals surface area contributed by atoms with Crippen LogP contribution in [0.2, 0.25) is 0 Å². The highest BCUT2D eigenvalue weighted by Crippen LogP contribution is 2.31. The zero-order valence-electron chi connectivity index (χ0n) is 29.6. The summed E-state index contributed by atoms with van der Waals surface area (Å²) in [5, 5.41) is 0. The van der Waals surface area contributed by atoms with Crippen molar-refractivity contribution < 1.29 is 4.74 Å². The van der Waals surface area contributed by atoms with Crippen LogP contribution in [0.4, 0.5) is 0 Å². The minimum absolute atomic E-state index is 0.0155. The van der Waals surface area contributed by atoms with Gasteiger partial charge in [0.2, 0.25) is 0 Å². The lowest BCUT2D eigenvalue weighted by Crippen LogP contribution is -2.20. The third-order valence-electron chi connectivity index (χ3n) is 9.50. The average Bonchev–Trinajstić information content (AvgIpc) is 3.38. The van der Waals surface area contributed by atoms with E-state index in [1.807, 2.05) is 18.2 Å². The minimum atomic E-state index is -0.222. The van der Waals surface area contributed by atoms with E-state index in [2.05, 4.69) is 173 Å². The van der Waals surface area contributed by atoms with Gasteiger partial charge in [-0.3, -0.25) is 4.99 Å². The Morgan fingerprint density at radius 3 is 2.02 bits per heavy atom. The van der Waals surface area contributed by atoms with Gasteiger partial charge in [-0.2, -0.15) is 0 Å². The van der Waals surface area contributed by atoms with Gasteiger partial charge in [-0.05, 0) is 89.4 Å². The molecule has 252 valence electrons. The smallest absolute Gasteiger partial charge is 0.155 e. The molecule has 0 bridgehead atoms. The molecule has 4 aromatic carbocycles. The van der Waals surface area contributed by atoms with E-state index in [-0.39, 0.29) is 18.1 Å². The van der Waals surface area contributed by atoms with Crippen molar-refractivity contribution in [3.05, 3.63) is 204 Å². The predicted octanol–water partition coefficient (Wildman–Crippen LogP) is 11.8. The molecule has 51 heavy (non-hydrogen) atoms. The molecule has 0 spiro atoms. The molecule has 7 rings (SSSR count). The molecule has 3 nitrogen and oxygen atoms in total. The van der Waals surface area contributed by atoms with Gasteiger partial charge in [-0.25, -0.2) is 4.99 Å². The highest BCUT2D eigenvalue weighted by Gasteiger charge is 2.21. The Hall–Kier alpha value is -5.80. The van der Waals surface area contributed by atoms with Crippen molar-refractivity contribution in [2.45, 2.75) is 45.8 Å². The molecule has 1 aliphatic carbocycles. The third kappa shape index (κ3) is 8.16. The van der Waals surface area contributed by atoms with E-state index in [0.717, 1.165) is 46.6 Å². The standard InChI is InChI=1S/C48H44N2O/c1-34-28-29-40-19-10-4-7-16-35(2)51-47(40)36(3)49-48(41-20-11-6-12-21-41)50-46(34)45-27-15-26-44(33-45)43-25-14-24-42(32-43)39-23-13-22-38(30-31-39)37-17-8-5-9-18-37/h4-18,20-21,23-36H,19,22H2,1-3H3/b10-4-,16-7-,29-28-,47-40+,49-48?,50-46?. The molecular formula is C48H44N2O. The summed E-state index contributed by atoms with van der Waals surface area (Å²) in [5.41, 5.74) is 11.5. The van der Waals surface area contributed by atoms with E-state index in [1.165, 1.54) is 27.8 Å². The quantitative estimate of drug-likeness (QED) is 0.209. The summed E-state index contributed by atoms with van der Waals surface area (Å²) in [6.45, 7) is 6.39. The van der Waals surface area contributed by atoms with Crippen molar-refractivity contribution in [1.29, 1.82) is 0 Å². The number of nitrogens with zero attached hydrogens (tertiary/aromatic N) is 2. The Morgan fingerprint density at radius 2 is 1.25 bits per heavy atom. The van der Waals surface area contributed by atoms with Crippen LogP contribution in [0, 0.1) is 5.92 Å². The zero-order chi connectivity index (χ0) is 35.0. The highest BCUT2D eigenvalue weighted by molar-refractivity contribution is 6.14. The van der Waals surface area contributed by atoms with Crippen LogP contribution in [0.15, 0.2) is 191 Å². The first-order valence-electron chi connectivity index (χ1n) is 18.0. The molecule has 0 amide bonds. The lowest BCUT2D eigenvalue weighted by molar-refractivity contribution is 0.154. The van der Waals surface area contributed by atoms with Gasteiger partial charge < -0.3 is 4.74 Å². The molecule has 0 saturated carbocycles. The summed E-state index contributed by atoms with van der Waals surface area (Å²) < 4.78 is 6.54. The van der Waals surface area contributed by atoms with Crippen molar-refractivity contribution >= 4 is 22.7 Å². The van der Waals surface area contributed by atoms with Crippen LogP contribution in [0.3, 0.4) is 0 Å². The van der Waals surface area contributed by atoms with Gasteiger partial charge in [0.1, 0.15) is 17.9 Å². The number of allylic oxidation sites excluding steroid dienone is 12. The van der Waals surface area contributed by atoms with E-state index < -0.39 is 0 Å². The Balaban J connectivity index is 1.27. The maximum Gasteiger partial charge on any atom is 0.155 e. The first-order valence-corrected chi connectivity index (χ1v) is 18.0. The fraction of sp³-hybridized carbons (Fsp3) is 0.167. The molecular weight excluding hydrogens is 621 g/mol. The fourth-order valence-corrected chi connectivity index (χ4v) is 6.74. The molecule has 3 aliphatic rings. The molecule has 0 aromatic heterocycles. The van der Waals surface area contributed by atoms with Crippen LogP contribution in [-0.2, 0) is 4.74 Å². The number of hydrogen-bond donors (Lipinski definition) is 0. The second-order valence-electron chi connectivity index (χ2n) is 13.3. The van der Waals surface area contributed by atoms with Crippen LogP contribution in [-0.4, -0.2) is 23.7 Å². The van der Waals surface area contributed by atoms with Crippen LogP contribution in [0.5, 0.6) is 0 Å². The molecule has 3 unspecified atom stereocenters. The Kier molecular flexibility index (Phi) is 10.5. The fourth-order valence-electron chi connectivity index (χ4n) is 6.74. The molecule has 3 atom stereocenters. The van der Waals surface area contributed by atoms with E-state index >= 15 is 0 Å². The molecule has 2 heterocycles. The predicted molar refractivity (Wildman–Crippen MR) is 216 cm³/mol. The maximum atomic E-state index is 6.54. The average molecular weight is 665 g/mol. The van der Waals surface area contributed by atoms with Gasteiger partial charge in [0.05, 0.1) is 5.71 Å². The Morgan fingerprint density at radius 1 is 0.588 bits per heavy atom. The van der Waals surface area contributed by atoms with E-state index in [4.69, 9.17) is 14.7 Å². The van der Waals surface area contributed by atoms with Crippen LogP contribution >= 0.6 is 0 Å². The first-order chi connectivity index (χ1) is 25.0. The van der Waals surface area contributed by atoms with Gasteiger partial charge in [-0.15, -0.1) is 0 Å². The van der Waals surface area contributed by atoms with Crippen LogP contribution in [0.25, 0.3) is 22.3 Å². The summed E-state index contributed by atoms with van der Waals surface area (Å²) >= 11 is 0. The molecule has 0 fully saturated rings. The van der Waals surface area contributed by atoms with E-state index in [0.29, 0.717) is 5.84 Å². The van der Waals surface area contributed by atoms with Gasteiger partial charge >= 0.3 is 0 Å². The largest absolute Gasteiger partial charge is 0.488 e. The molecule has 0 radical (unpaired) electrons. The highest BCUT2D eigenvalue weighted by atomic mass is 16.5. The lowest BCUT2D eigenvalue weighted by atomic mass is 9.92. The normalized spacial score (nSPS) is 24.0. The Labute approximate surface area is 302 Å². The van der Waals surface area contributed by atoms with Crippen molar-refractivity contribution in [3.8, 4) is 11.1 Å². The number of ether oxygens (including phenoxy) is 1. The summed E-state index contributed by atoms with van der Waals surface area (Å²) in [7, 11) is 0. The third-order valence-corrected chi connectivity index (χ3v) is 9.50. The van der Waals surface area contributed by atoms with Crippen LogP contribution in [0.1, 0.15) is 55.9 Å². The maximum absolute atomic E-state index is 6.54. The SMILES string of the molecule is CC1/C=C\C=C/CC2=C(\O1)C(C)N=C(c1ccccc1)N=C(c1cccc(-c3cccc(C4=CC=C(c5ccccc5)CC=C4)c3)c1)C(C)/C=C\2. The second-order valence-corrected chi connectivity index (χ2v) is 13.3. The van der Waals surface area contributed by atoms with Gasteiger partial charge in [0, 0.05) is 11.5 Å². The molecule has 3 heteroatoms. The summed E-state index contributed by atoms with van der Waals surface area (Å²) in [6.07, 6.45) is 23.5. The number of amidine groups is 1. The summed E-state index contributed by atoms with van der Waals surface area (Å²) in [6, 6.07) is 38.3. The summed E-state index contributed by atoms with van der Waals surface area (Å²) in [4.78, 5) is 10.6. The topological polar surface area (TPSA) is 34.0 Å². The zero-order valence-corrected chi connectivity index (χ0v) is 29.6. The second kappa shape index (κ2) is 15.8. The first kappa shape index (κ1) is 33.7. The lowest BCUT2D eigenvalue weighted by Gasteiger charge is -2.23. The number of rotatable bonds is 5. The monoisotopic (exact) mass is 664 g/mol. The number of benzene rings is 4. The van der Waals surface area contributed by atoms with Gasteiger partial charge in [0.25, 0.3) is 0 Å². The van der Waals surface area contributed by atoms with E-state index in [9.17, 15) is 0 Å². The minimum Gasteiger partial charge on any atom is -0.488 e.